The minimum atomic E-state index is -0.178. The maximum absolute atomic E-state index is 12.6. The summed E-state index contributed by atoms with van der Waals surface area (Å²) in [7, 11) is 0. The minimum absolute atomic E-state index is 0.178. The number of hydrogen-bond acceptors (Lipinski definition) is 4. The number of para-hydroxylation sites is 2. The third-order valence-electron chi connectivity index (χ3n) is 4.83. The van der Waals surface area contributed by atoms with Crippen molar-refractivity contribution in [2.75, 3.05) is 5.32 Å². The number of aromatic nitrogens is 5. The lowest BCUT2D eigenvalue weighted by Gasteiger charge is -2.08. The molecule has 1 N–H and O–H groups in total. The van der Waals surface area contributed by atoms with E-state index in [9.17, 15) is 4.79 Å². The van der Waals surface area contributed by atoms with Gasteiger partial charge in [-0.1, -0.05) is 24.3 Å². The molecule has 3 aromatic heterocycles. The van der Waals surface area contributed by atoms with Gasteiger partial charge in [0.05, 0.1) is 29.5 Å². The summed E-state index contributed by atoms with van der Waals surface area (Å²) in [4.78, 5) is 21.4. The van der Waals surface area contributed by atoms with E-state index < -0.39 is 0 Å². The molecule has 7 heteroatoms. The molecule has 0 aliphatic carbocycles. The average Bonchev–Trinajstić information content (AvgIpc) is 3.45. The molecule has 146 valence electrons. The van der Waals surface area contributed by atoms with Crippen LogP contribution in [-0.2, 0) is 6.54 Å². The molecule has 7 nitrogen and oxygen atoms in total. The van der Waals surface area contributed by atoms with E-state index in [2.05, 4.69) is 20.4 Å². The molecule has 30 heavy (non-hydrogen) atoms. The van der Waals surface area contributed by atoms with Crippen LogP contribution < -0.4 is 5.32 Å². The van der Waals surface area contributed by atoms with E-state index in [1.54, 1.807) is 18.7 Å². The number of benzene rings is 2. The number of amides is 1. The van der Waals surface area contributed by atoms with Crippen LogP contribution in [0.15, 0.2) is 91.6 Å². The lowest BCUT2D eigenvalue weighted by molar-refractivity contribution is 0.102. The number of pyridine rings is 1. The third-order valence-corrected chi connectivity index (χ3v) is 4.83. The van der Waals surface area contributed by atoms with Crippen LogP contribution in [0.3, 0.4) is 0 Å². The molecule has 0 bridgehead atoms. The van der Waals surface area contributed by atoms with Gasteiger partial charge in [-0.25, -0.2) is 9.97 Å². The first kappa shape index (κ1) is 17.8. The zero-order valence-electron chi connectivity index (χ0n) is 16.0. The number of nitrogens with one attached hydrogen (secondary N) is 1. The van der Waals surface area contributed by atoms with Crippen LogP contribution in [0.25, 0.3) is 16.9 Å². The number of fused-ring (bicyclic) bond motifs is 1. The van der Waals surface area contributed by atoms with Crippen molar-refractivity contribution < 1.29 is 4.79 Å². The summed E-state index contributed by atoms with van der Waals surface area (Å²) in [6, 6.07) is 20.9. The van der Waals surface area contributed by atoms with Crippen molar-refractivity contribution in [3.05, 3.63) is 103 Å². The van der Waals surface area contributed by atoms with Crippen LogP contribution in [0.4, 0.5) is 5.69 Å². The Morgan fingerprint density at radius 1 is 0.933 bits per heavy atom. The summed E-state index contributed by atoms with van der Waals surface area (Å²) in [6.07, 6.45) is 7.05. The molecular formula is C23H18N6O. The van der Waals surface area contributed by atoms with E-state index in [0.717, 1.165) is 22.4 Å². The quantitative estimate of drug-likeness (QED) is 0.490. The van der Waals surface area contributed by atoms with Crippen molar-refractivity contribution in [2.45, 2.75) is 6.54 Å². The van der Waals surface area contributed by atoms with Crippen molar-refractivity contribution in [2.24, 2.45) is 0 Å². The van der Waals surface area contributed by atoms with Crippen LogP contribution in [0.2, 0.25) is 0 Å². The summed E-state index contributed by atoms with van der Waals surface area (Å²) in [5.41, 5.74) is 4.19. The van der Waals surface area contributed by atoms with E-state index in [1.807, 2.05) is 82.2 Å². The van der Waals surface area contributed by atoms with E-state index in [-0.39, 0.29) is 5.91 Å². The molecule has 0 saturated carbocycles. The number of carbonyl (C=O) groups is 1. The third kappa shape index (κ3) is 3.56. The van der Waals surface area contributed by atoms with Gasteiger partial charge in [0.2, 0.25) is 0 Å². The van der Waals surface area contributed by atoms with Crippen molar-refractivity contribution in [1.29, 1.82) is 0 Å². The zero-order chi connectivity index (χ0) is 20.3. The summed E-state index contributed by atoms with van der Waals surface area (Å²) in [5.74, 6) is 0.563. The van der Waals surface area contributed by atoms with Crippen LogP contribution >= 0.6 is 0 Å². The first-order valence-electron chi connectivity index (χ1n) is 9.52. The first-order valence-corrected chi connectivity index (χ1v) is 9.52. The van der Waals surface area contributed by atoms with Gasteiger partial charge < -0.3 is 5.32 Å². The Balaban J connectivity index is 1.28. The minimum Gasteiger partial charge on any atom is -0.321 e. The smallest absolute Gasteiger partial charge is 0.255 e. The molecule has 0 saturated heterocycles. The summed E-state index contributed by atoms with van der Waals surface area (Å²) in [5, 5.41) is 7.08. The van der Waals surface area contributed by atoms with Crippen LogP contribution in [-0.4, -0.2) is 30.2 Å². The highest BCUT2D eigenvalue weighted by molar-refractivity contribution is 6.04. The van der Waals surface area contributed by atoms with Crippen molar-refractivity contribution in [3.63, 3.8) is 0 Å². The molecule has 3 heterocycles. The van der Waals surface area contributed by atoms with E-state index in [4.69, 9.17) is 0 Å². The van der Waals surface area contributed by atoms with Gasteiger partial charge in [-0.15, -0.1) is 0 Å². The van der Waals surface area contributed by atoms with Crippen molar-refractivity contribution >= 4 is 22.6 Å². The lowest BCUT2D eigenvalue weighted by atomic mass is 10.1. The van der Waals surface area contributed by atoms with Crippen LogP contribution in [0.5, 0.6) is 0 Å². The molecule has 0 spiro atoms. The molecule has 0 aliphatic heterocycles. The van der Waals surface area contributed by atoms with Gasteiger partial charge in [-0.2, -0.15) is 5.10 Å². The Hall–Kier alpha value is -4.26. The molecule has 0 unspecified atom stereocenters. The summed E-state index contributed by atoms with van der Waals surface area (Å²) >= 11 is 0. The summed E-state index contributed by atoms with van der Waals surface area (Å²) in [6.45, 7) is 0.670. The molecule has 0 fully saturated rings. The second-order valence-corrected chi connectivity index (χ2v) is 6.86. The average molecular weight is 394 g/mol. The van der Waals surface area contributed by atoms with Gasteiger partial charge in [-0.3, -0.25) is 14.0 Å². The molecule has 0 radical (unpaired) electrons. The highest BCUT2D eigenvalue weighted by atomic mass is 16.1. The Bertz CT molecular complexity index is 1290. The molecule has 5 aromatic rings. The number of carbonyl (C=O) groups excluding carboxylic acids is 1. The second kappa shape index (κ2) is 7.63. The fourth-order valence-corrected chi connectivity index (χ4v) is 3.29. The predicted molar refractivity (Wildman–Crippen MR) is 115 cm³/mol. The van der Waals surface area contributed by atoms with Gasteiger partial charge in [0.15, 0.2) is 0 Å². The number of imidazole rings is 1. The first-order chi connectivity index (χ1) is 14.8. The molecule has 5 rings (SSSR count). The largest absolute Gasteiger partial charge is 0.321 e. The standard InChI is InChI=1S/C23H18N6O/c30-23(18-8-6-17(7-9-18)15-28-13-3-12-26-28)27-19-10-11-22(24-14-19)29-16-25-20-4-1-2-5-21(20)29/h1-14,16H,15H2,(H,27,30). The van der Waals surface area contributed by atoms with Gasteiger partial charge in [0, 0.05) is 18.0 Å². The fraction of sp³-hybridized carbons (Fsp3) is 0.0435. The SMILES string of the molecule is O=C(Nc1ccc(-n2cnc3ccccc32)nc1)c1ccc(Cn2cccn2)cc1. The monoisotopic (exact) mass is 394 g/mol. The van der Waals surface area contributed by atoms with Gasteiger partial charge in [0.1, 0.15) is 12.1 Å². The Labute approximate surface area is 172 Å². The van der Waals surface area contributed by atoms with E-state index >= 15 is 0 Å². The van der Waals surface area contributed by atoms with E-state index in [1.165, 1.54) is 0 Å². The van der Waals surface area contributed by atoms with Gasteiger partial charge in [-0.05, 0) is 48.0 Å². The molecule has 0 atom stereocenters. The van der Waals surface area contributed by atoms with Crippen molar-refractivity contribution in [1.82, 2.24) is 24.3 Å². The Morgan fingerprint density at radius 3 is 2.57 bits per heavy atom. The molecule has 1 amide bonds. The Morgan fingerprint density at radius 2 is 1.80 bits per heavy atom. The van der Waals surface area contributed by atoms with Crippen LogP contribution in [0.1, 0.15) is 15.9 Å². The molecular weight excluding hydrogens is 376 g/mol. The second-order valence-electron chi connectivity index (χ2n) is 6.86. The Kier molecular flexibility index (Phi) is 4.53. The maximum atomic E-state index is 12.6. The maximum Gasteiger partial charge on any atom is 0.255 e. The molecule has 0 aliphatic rings. The predicted octanol–water partition coefficient (Wildman–Crippen LogP) is 3.92. The summed E-state index contributed by atoms with van der Waals surface area (Å²) < 4.78 is 3.76. The normalized spacial score (nSPS) is 10.9. The lowest BCUT2D eigenvalue weighted by Crippen LogP contribution is -2.12. The van der Waals surface area contributed by atoms with Crippen molar-refractivity contribution in [3.8, 4) is 5.82 Å². The molecule has 2 aromatic carbocycles. The number of rotatable bonds is 5. The highest BCUT2D eigenvalue weighted by Gasteiger charge is 2.08. The number of anilines is 1. The zero-order valence-corrected chi connectivity index (χ0v) is 16.0. The van der Waals surface area contributed by atoms with Gasteiger partial charge >= 0.3 is 0 Å². The fourth-order valence-electron chi connectivity index (χ4n) is 3.29. The van der Waals surface area contributed by atoms with Gasteiger partial charge in [0.25, 0.3) is 5.91 Å². The van der Waals surface area contributed by atoms with Crippen LogP contribution in [0, 0.1) is 0 Å². The number of nitrogens with zero attached hydrogens (tertiary/aromatic N) is 5. The topological polar surface area (TPSA) is 77.6 Å². The van der Waals surface area contributed by atoms with E-state index in [0.29, 0.717) is 17.8 Å². The number of hydrogen-bond donors (Lipinski definition) is 1. The highest BCUT2D eigenvalue weighted by Crippen LogP contribution is 2.18.